The minimum Gasteiger partial charge on any atom is -0.466 e. The van der Waals surface area contributed by atoms with Gasteiger partial charge in [0.25, 0.3) is 0 Å². The highest BCUT2D eigenvalue weighted by Gasteiger charge is 2.13. The number of sulfone groups is 1. The smallest absolute Gasteiger partial charge is 0.311 e. The van der Waals surface area contributed by atoms with Crippen molar-refractivity contribution in [3.63, 3.8) is 0 Å². The predicted octanol–water partition coefficient (Wildman–Crippen LogP) is 2.86. The molecule has 0 atom stereocenters. The molecule has 1 aromatic heterocycles. The van der Waals surface area contributed by atoms with E-state index in [0.29, 0.717) is 27.5 Å². The van der Waals surface area contributed by atoms with Crippen molar-refractivity contribution < 1.29 is 17.9 Å². The van der Waals surface area contributed by atoms with E-state index in [9.17, 15) is 13.2 Å². The molecule has 0 fully saturated rings. The number of hydrogen-bond acceptors (Lipinski definition) is 8. The molecule has 0 amide bonds. The highest BCUT2D eigenvalue weighted by Crippen LogP contribution is 2.20. The number of benzene rings is 1. The molecule has 0 aliphatic rings. The third-order valence-corrected chi connectivity index (χ3v) is 5.36. The van der Waals surface area contributed by atoms with Gasteiger partial charge in [0.05, 0.1) is 29.8 Å². The van der Waals surface area contributed by atoms with Crippen LogP contribution in [0.5, 0.6) is 0 Å². The Kier molecular flexibility index (Phi) is 6.68. The van der Waals surface area contributed by atoms with Crippen LogP contribution in [0, 0.1) is 0 Å². The van der Waals surface area contributed by atoms with Gasteiger partial charge in [-0.1, -0.05) is 22.0 Å². The zero-order valence-corrected chi connectivity index (χ0v) is 16.7. The van der Waals surface area contributed by atoms with Crippen molar-refractivity contribution in [1.29, 1.82) is 0 Å². The first-order valence-electron chi connectivity index (χ1n) is 7.18. The summed E-state index contributed by atoms with van der Waals surface area (Å²) in [4.78, 5) is 15.8. The van der Waals surface area contributed by atoms with Gasteiger partial charge in [-0.25, -0.2) is 13.4 Å². The molecule has 0 saturated carbocycles. The number of hydrogen-bond donors (Lipinski definition) is 1. The molecule has 0 unspecified atom stereocenters. The Labute approximate surface area is 158 Å². The van der Waals surface area contributed by atoms with Crippen molar-refractivity contribution in [1.82, 2.24) is 4.98 Å². The number of nitrogens with one attached hydrogen (secondary N) is 1. The summed E-state index contributed by atoms with van der Waals surface area (Å²) in [5, 5.41) is 6.25. The largest absolute Gasteiger partial charge is 0.466 e. The van der Waals surface area contributed by atoms with E-state index in [2.05, 4.69) is 31.4 Å². The van der Waals surface area contributed by atoms with Gasteiger partial charge in [0.15, 0.2) is 9.84 Å². The number of hydrazone groups is 1. The molecule has 1 heterocycles. The lowest BCUT2D eigenvalue weighted by atomic mass is 10.2. The molecule has 0 aliphatic carbocycles. The van der Waals surface area contributed by atoms with Gasteiger partial charge in [-0.15, -0.1) is 11.3 Å². The maximum absolute atomic E-state index is 11.8. The summed E-state index contributed by atoms with van der Waals surface area (Å²) < 4.78 is 29.2. The maximum atomic E-state index is 11.8. The Hall–Kier alpha value is -1.78. The van der Waals surface area contributed by atoms with Gasteiger partial charge in [0.2, 0.25) is 5.13 Å². The number of aromatic nitrogens is 1. The molecule has 10 heteroatoms. The van der Waals surface area contributed by atoms with E-state index in [1.165, 1.54) is 23.6 Å². The number of nitrogens with zero attached hydrogens (tertiary/aromatic N) is 2. The number of rotatable bonds is 7. The first-order valence-corrected chi connectivity index (χ1v) is 10.7. The second-order valence-electron chi connectivity index (χ2n) is 4.95. The fourth-order valence-electron chi connectivity index (χ4n) is 1.89. The first kappa shape index (κ1) is 19.5. The molecule has 0 aliphatic heterocycles. The normalized spacial score (nSPS) is 11.6. The van der Waals surface area contributed by atoms with E-state index in [-0.39, 0.29) is 17.3 Å². The van der Waals surface area contributed by atoms with Gasteiger partial charge in [-0.2, -0.15) is 5.10 Å². The molecule has 1 aromatic carbocycles. The number of carbonyl (C=O) groups excluding carboxylic acids is 1. The van der Waals surface area contributed by atoms with Gasteiger partial charge < -0.3 is 4.74 Å². The number of thiazole rings is 1. The van der Waals surface area contributed by atoms with Gasteiger partial charge in [-0.3, -0.25) is 10.2 Å². The Morgan fingerprint density at radius 1 is 1.48 bits per heavy atom. The zero-order valence-electron chi connectivity index (χ0n) is 13.5. The minimum atomic E-state index is -3.38. The second kappa shape index (κ2) is 8.54. The van der Waals surface area contributed by atoms with Crippen molar-refractivity contribution in [3.8, 4) is 0 Å². The average Bonchev–Trinajstić information content (AvgIpc) is 2.95. The van der Waals surface area contributed by atoms with Gasteiger partial charge in [0.1, 0.15) is 0 Å². The summed E-state index contributed by atoms with van der Waals surface area (Å²) in [6.45, 7) is 2.07. The molecular formula is C15H16BrN3O4S2. The number of anilines is 1. The molecule has 2 aromatic rings. The van der Waals surface area contributed by atoms with E-state index < -0.39 is 9.84 Å². The quantitative estimate of drug-likeness (QED) is 0.399. The summed E-state index contributed by atoms with van der Waals surface area (Å²) in [7, 11) is -3.38. The van der Waals surface area contributed by atoms with Crippen LogP contribution < -0.4 is 5.43 Å². The van der Waals surface area contributed by atoms with Crippen molar-refractivity contribution in [2.24, 2.45) is 5.10 Å². The Morgan fingerprint density at radius 3 is 2.92 bits per heavy atom. The van der Waals surface area contributed by atoms with Crippen LogP contribution in [0.2, 0.25) is 0 Å². The maximum Gasteiger partial charge on any atom is 0.311 e. The van der Waals surface area contributed by atoms with Crippen LogP contribution in [0.1, 0.15) is 18.2 Å². The first-order chi connectivity index (χ1) is 11.8. The predicted molar refractivity (Wildman–Crippen MR) is 101 cm³/mol. The molecule has 1 N–H and O–H groups in total. The van der Waals surface area contributed by atoms with E-state index in [0.717, 1.165) is 6.26 Å². The topological polar surface area (TPSA) is 97.7 Å². The highest BCUT2D eigenvalue weighted by atomic mass is 79.9. The SMILES string of the molecule is CCOC(=O)Cc1csc(NN=Cc2ccc(Br)cc2S(C)(=O)=O)n1. The lowest BCUT2D eigenvalue weighted by Crippen LogP contribution is -2.07. The average molecular weight is 446 g/mol. The minimum absolute atomic E-state index is 0.0979. The van der Waals surface area contributed by atoms with E-state index in [1.807, 2.05) is 0 Å². The van der Waals surface area contributed by atoms with E-state index in [4.69, 9.17) is 4.74 Å². The molecular weight excluding hydrogens is 430 g/mol. The highest BCUT2D eigenvalue weighted by molar-refractivity contribution is 9.10. The Bertz CT molecular complexity index is 894. The van der Waals surface area contributed by atoms with Crippen molar-refractivity contribution >= 4 is 54.4 Å². The number of halogens is 1. The molecule has 0 radical (unpaired) electrons. The lowest BCUT2D eigenvalue weighted by molar-refractivity contribution is -0.142. The van der Waals surface area contributed by atoms with Gasteiger partial charge in [0, 0.05) is 21.7 Å². The van der Waals surface area contributed by atoms with E-state index >= 15 is 0 Å². The summed E-state index contributed by atoms with van der Waals surface area (Å²) in [6, 6.07) is 4.91. The summed E-state index contributed by atoms with van der Waals surface area (Å²) in [6.07, 6.45) is 2.65. The van der Waals surface area contributed by atoms with Crippen LogP contribution in [-0.2, 0) is 25.8 Å². The summed E-state index contributed by atoms with van der Waals surface area (Å²) >= 11 is 4.54. The van der Waals surface area contributed by atoms with Gasteiger partial charge >= 0.3 is 5.97 Å². The Balaban J connectivity index is 2.07. The molecule has 134 valence electrons. The van der Waals surface area contributed by atoms with Crippen LogP contribution in [0.25, 0.3) is 0 Å². The molecule has 0 saturated heterocycles. The molecule has 7 nitrogen and oxygen atoms in total. The molecule has 0 spiro atoms. The lowest BCUT2D eigenvalue weighted by Gasteiger charge is -2.04. The van der Waals surface area contributed by atoms with E-state index in [1.54, 1.807) is 24.4 Å². The summed E-state index contributed by atoms with van der Waals surface area (Å²) in [5.74, 6) is -0.337. The van der Waals surface area contributed by atoms with Crippen LogP contribution in [0.4, 0.5) is 5.13 Å². The number of ether oxygens (including phenoxy) is 1. The van der Waals surface area contributed by atoms with Gasteiger partial charge in [-0.05, 0) is 19.1 Å². The molecule has 25 heavy (non-hydrogen) atoms. The molecule has 2 rings (SSSR count). The fourth-order valence-corrected chi connectivity index (χ4v) is 3.95. The second-order valence-corrected chi connectivity index (χ2v) is 8.71. The third-order valence-electron chi connectivity index (χ3n) is 2.92. The van der Waals surface area contributed by atoms with Crippen molar-refractivity contribution in [3.05, 3.63) is 39.3 Å². The van der Waals surface area contributed by atoms with Crippen LogP contribution in [0.3, 0.4) is 0 Å². The zero-order chi connectivity index (χ0) is 18.4. The number of carbonyl (C=O) groups is 1. The third kappa shape index (κ3) is 5.91. The Morgan fingerprint density at radius 2 is 2.24 bits per heavy atom. The number of esters is 1. The monoisotopic (exact) mass is 445 g/mol. The molecule has 0 bridgehead atoms. The van der Waals surface area contributed by atoms with Crippen LogP contribution >= 0.6 is 27.3 Å². The van der Waals surface area contributed by atoms with Crippen molar-refractivity contribution in [2.45, 2.75) is 18.2 Å². The van der Waals surface area contributed by atoms with Crippen molar-refractivity contribution in [2.75, 3.05) is 18.3 Å². The fraction of sp³-hybridized carbons (Fsp3) is 0.267. The van der Waals surface area contributed by atoms with Crippen LogP contribution in [-0.4, -0.2) is 38.4 Å². The summed E-state index contributed by atoms with van der Waals surface area (Å²) in [5.41, 5.74) is 3.77. The standard InChI is InChI=1S/C15H16BrN3O4S2/c1-3-23-14(20)7-12-9-24-15(18-12)19-17-8-10-4-5-11(16)6-13(10)25(2,21)22/h4-6,8-9H,3,7H2,1-2H3,(H,18,19). The van der Waals surface area contributed by atoms with Crippen LogP contribution in [0.15, 0.2) is 38.0 Å².